The number of fused-ring (bicyclic) bond motifs is 1. The van der Waals surface area contributed by atoms with Crippen molar-refractivity contribution in [1.29, 1.82) is 0 Å². The molecule has 0 radical (unpaired) electrons. The molecule has 2 rings (SSSR count). The maximum absolute atomic E-state index is 13.4. The van der Waals surface area contributed by atoms with E-state index in [1.807, 2.05) is 0 Å². The minimum absolute atomic E-state index is 0.159. The fourth-order valence-electron chi connectivity index (χ4n) is 1.71. The van der Waals surface area contributed by atoms with Crippen LogP contribution >= 0.6 is 0 Å². The molecule has 1 heterocycles. The number of hydrogen-bond acceptors (Lipinski definition) is 3. The van der Waals surface area contributed by atoms with Crippen molar-refractivity contribution < 1.29 is 18.1 Å². The molecule has 0 aliphatic heterocycles. The van der Waals surface area contributed by atoms with Crippen molar-refractivity contribution in [3.05, 3.63) is 17.0 Å². The molecule has 0 atom stereocenters. The molecule has 1 aliphatic carbocycles. The van der Waals surface area contributed by atoms with Crippen molar-refractivity contribution in [3.63, 3.8) is 0 Å². The van der Waals surface area contributed by atoms with Crippen molar-refractivity contribution in [2.75, 3.05) is 0 Å². The monoisotopic (exact) mass is 201 g/mol. The van der Waals surface area contributed by atoms with Gasteiger partial charge in [0.05, 0.1) is 5.56 Å². The first-order chi connectivity index (χ1) is 6.52. The molecule has 14 heavy (non-hydrogen) atoms. The number of nitrogens with zero attached hydrogens (tertiary/aromatic N) is 1. The van der Waals surface area contributed by atoms with Crippen LogP contribution in [-0.2, 0) is 12.3 Å². The molecule has 3 nitrogen and oxygen atoms in total. The Hall–Kier alpha value is -1.26. The Morgan fingerprint density at radius 3 is 2.93 bits per heavy atom. The summed E-state index contributed by atoms with van der Waals surface area (Å²) in [5, 5.41) is 3.39. The number of Topliss-reactive ketones (excluding diaryl/α,β-unsaturated/α-hetero) is 1. The van der Waals surface area contributed by atoms with Crippen molar-refractivity contribution >= 4 is 5.78 Å². The van der Waals surface area contributed by atoms with Gasteiger partial charge in [0.15, 0.2) is 11.5 Å². The number of aromatic nitrogens is 1. The zero-order valence-electron chi connectivity index (χ0n) is 7.64. The molecule has 1 aliphatic rings. The van der Waals surface area contributed by atoms with Gasteiger partial charge in [-0.05, 0) is 6.42 Å². The van der Waals surface area contributed by atoms with Gasteiger partial charge in [0.2, 0.25) is 0 Å². The number of carbonyl (C=O) groups is 1. The summed E-state index contributed by atoms with van der Waals surface area (Å²) in [6, 6.07) is 0. The molecule has 76 valence electrons. The third-order valence-electron chi connectivity index (χ3n) is 2.36. The topological polar surface area (TPSA) is 43.1 Å². The Bertz CT molecular complexity index is 384. The van der Waals surface area contributed by atoms with Crippen LogP contribution in [0.3, 0.4) is 0 Å². The number of rotatable bonds is 1. The van der Waals surface area contributed by atoms with E-state index in [9.17, 15) is 13.6 Å². The first-order valence-corrected chi connectivity index (χ1v) is 4.40. The van der Waals surface area contributed by atoms with Crippen LogP contribution in [0, 0.1) is 0 Å². The number of ketones is 1. The molecule has 1 aromatic heterocycles. The zero-order chi connectivity index (χ0) is 10.3. The summed E-state index contributed by atoms with van der Waals surface area (Å²) in [6.45, 7) is 1.21. The van der Waals surface area contributed by atoms with Gasteiger partial charge in [-0.25, -0.2) is 8.78 Å². The van der Waals surface area contributed by atoms with Gasteiger partial charge in [0, 0.05) is 19.8 Å². The highest BCUT2D eigenvalue weighted by molar-refractivity contribution is 5.93. The molecule has 0 spiro atoms. The summed E-state index contributed by atoms with van der Waals surface area (Å²) < 4.78 is 31.5. The molecule has 1 aromatic rings. The van der Waals surface area contributed by atoms with Crippen molar-refractivity contribution in [3.8, 4) is 0 Å². The number of carbonyl (C=O) groups excluding carboxylic acids is 1. The molecule has 0 saturated heterocycles. The van der Waals surface area contributed by atoms with Crippen LogP contribution in [0.4, 0.5) is 8.78 Å². The van der Waals surface area contributed by atoms with Gasteiger partial charge in [-0.1, -0.05) is 5.16 Å². The first kappa shape index (κ1) is 9.30. The Kier molecular flexibility index (Phi) is 1.90. The van der Waals surface area contributed by atoms with Crippen molar-refractivity contribution in [1.82, 2.24) is 5.16 Å². The molecule has 5 heteroatoms. The van der Waals surface area contributed by atoms with E-state index in [1.54, 1.807) is 0 Å². The lowest BCUT2D eigenvalue weighted by Gasteiger charge is -2.20. The van der Waals surface area contributed by atoms with Crippen LogP contribution in [0.2, 0.25) is 0 Å². The summed E-state index contributed by atoms with van der Waals surface area (Å²) in [5.41, 5.74) is -0.513. The average Bonchev–Trinajstić information content (AvgIpc) is 2.48. The summed E-state index contributed by atoms with van der Waals surface area (Å²) >= 11 is 0. The highest BCUT2D eigenvalue weighted by Gasteiger charge is 2.43. The molecular weight excluding hydrogens is 192 g/mol. The summed E-state index contributed by atoms with van der Waals surface area (Å²) in [7, 11) is 0. The normalized spacial score (nSPS) is 19.1. The Labute approximate surface area is 79.1 Å². The van der Waals surface area contributed by atoms with Gasteiger partial charge in [-0.3, -0.25) is 4.79 Å². The van der Waals surface area contributed by atoms with Crippen molar-refractivity contribution in [2.24, 2.45) is 0 Å². The predicted octanol–water partition coefficient (Wildman–Crippen LogP) is 2.31. The van der Waals surface area contributed by atoms with Crippen LogP contribution in [0.15, 0.2) is 4.52 Å². The quantitative estimate of drug-likeness (QED) is 0.655. The average molecular weight is 201 g/mol. The lowest BCUT2D eigenvalue weighted by atomic mass is 9.92. The van der Waals surface area contributed by atoms with Crippen LogP contribution in [0.5, 0.6) is 0 Å². The molecule has 0 N–H and O–H groups in total. The number of hydrogen-bond donors (Lipinski definition) is 0. The summed E-state index contributed by atoms with van der Waals surface area (Å²) in [6.07, 6.45) is 0.569. The smallest absolute Gasteiger partial charge is 0.278 e. The second-order valence-electron chi connectivity index (χ2n) is 3.44. The van der Waals surface area contributed by atoms with E-state index in [-0.39, 0.29) is 23.4 Å². The van der Waals surface area contributed by atoms with Gasteiger partial charge in [0.25, 0.3) is 5.92 Å². The van der Waals surface area contributed by atoms with Crippen LogP contribution in [-0.4, -0.2) is 10.9 Å². The second-order valence-corrected chi connectivity index (χ2v) is 3.44. The third-order valence-corrected chi connectivity index (χ3v) is 2.36. The van der Waals surface area contributed by atoms with Gasteiger partial charge in [-0.15, -0.1) is 0 Å². The third kappa shape index (κ3) is 1.23. The Morgan fingerprint density at radius 1 is 1.57 bits per heavy atom. The largest absolute Gasteiger partial charge is 0.360 e. The molecule has 0 fully saturated rings. The maximum atomic E-state index is 13.4. The Balaban J connectivity index is 2.58. The van der Waals surface area contributed by atoms with Gasteiger partial charge in [-0.2, -0.15) is 0 Å². The molecular formula is C9H9F2NO2. The fourth-order valence-corrected chi connectivity index (χ4v) is 1.71. The van der Waals surface area contributed by atoms with E-state index in [4.69, 9.17) is 4.52 Å². The molecule has 0 amide bonds. The van der Waals surface area contributed by atoms with E-state index < -0.39 is 11.7 Å². The van der Waals surface area contributed by atoms with Crippen LogP contribution in [0.1, 0.15) is 41.6 Å². The molecule has 0 unspecified atom stereocenters. The van der Waals surface area contributed by atoms with E-state index in [0.29, 0.717) is 12.8 Å². The number of alkyl halides is 2. The lowest BCUT2D eigenvalue weighted by molar-refractivity contribution is -0.0242. The lowest BCUT2D eigenvalue weighted by Crippen LogP contribution is -2.22. The van der Waals surface area contributed by atoms with Crippen LogP contribution in [0.25, 0.3) is 0 Å². The first-order valence-electron chi connectivity index (χ1n) is 4.40. The van der Waals surface area contributed by atoms with Crippen molar-refractivity contribution in [2.45, 2.75) is 32.1 Å². The van der Waals surface area contributed by atoms with E-state index in [2.05, 4.69) is 5.16 Å². The van der Waals surface area contributed by atoms with Crippen LogP contribution < -0.4 is 0 Å². The SMILES string of the molecule is CC(=O)c1noc2c1C(F)(F)CCC2. The number of halogens is 2. The zero-order valence-corrected chi connectivity index (χ0v) is 7.64. The summed E-state index contributed by atoms with van der Waals surface area (Å²) in [4.78, 5) is 11.0. The molecule has 0 bridgehead atoms. The molecule has 0 saturated carbocycles. The van der Waals surface area contributed by atoms with Gasteiger partial charge < -0.3 is 4.52 Å². The van der Waals surface area contributed by atoms with Gasteiger partial charge in [0.1, 0.15) is 5.76 Å². The van der Waals surface area contributed by atoms with E-state index in [1.165, 1.54) is 6.92 Å². The fraction of sp³-hybridized carbons (Fsp3) is 0.556. The minimum atomic E-state index is -2.96. The maximum Gasteiger partial charge on any atom is 0.278 e. The highest BCUT2D eigenvalue weighted by atomic mass is 19.3. The molecule has 0 aromatic carbocycles. The summed E-state index contributed by atoms with van der Waals surface area (Å²) in [5.74, 6) is -3.28. The number of aryl methyl sites for hydroxylation is 1. The predicted molar refractivity (Wildman–Crippen MR) is 43.3 cm³/mol. The highest BCUT2D eigenvalue weighted by Crippen LogP contribution is 2.41. The minimum Gasteiger partial charge on any atom is -0.360 e. The standard InChI is InChI=1S/C9H9F2NO2/c1-5(13)8-7-6(14-12-8)3-2-4-9(7,10)11/h2-4H2,1H3. The Morgan fingerprint density at radius 2 is 2.29 bits per heavy atom. The van der Waals surface area contributed by atoms with E-state index in [0.717, 1.165) is 0 Å². The second kappa shape index (κ2) is 2.87. The van der Waals surface area contributed by atoms with E-state index >= 15 is 0 Å². The van der Waals surface area contributed by atoms with Gasteiger partial charge >= 0.3 is 0 Å².